The van der Waals surface area contributed by atoms with E-state index in [4.69, 9.17) is 9.47 Å². The van der Waals surface area contributed by atoms with E-state index in [2.05, 4.69) is 19.9 Å². The number of rotatable bonds is 4. The largest absolute Gasteiger partial charge is 0.497 e. The monoisotopic (exact) mass is 338 g/mol. The molecular weight excluding hydrogens is 320 g/mol. The van der Waals surface area contributed by atoms with Crippen molar-refractivity contribution in [2.75, 3.05) is 20.3 Å². The first-order valence-corrected chi connectivity index (χ1v) is 8.07. The number of aromatic nitrogens is 3. The highest BCUT2D eigenvalue weighted by Gasteiger charge is 2.24. The Kier molecular flexibility index (Phi) is 4.07. The molecule has 25 heavy (non-hydrogen) atoms. The van der Waals surface area contributed by atoms with Crippen LogP contribution in [0, 0.1) is 0 Å². The summed E-state index contributed by atoms with van der Waals surface area (Å²) in [7, 11) is 1.64. The Morgan fingerprint density at radius 3 is 3.16 bits per heavy atom. The first-order chi connectivity index (χ1) is 12.3. The summed E-state index contributed by atoms with van der Waals surface area (Å²) in [6.45, 7) is 1.43. The Hall–Kier alpha value is -2.93. The molecule has 0 spiro atoms. The second kappa shape index (κ2) is 6.52. The van der Waals surface area contributed by atoms with Gasteiger partial charge in [0.25, 0.3) is 5.91 Å². The number of carbonyl (C=O) groups is 1. The Morgan fingerprint density at radius 1 is 1.44 bits per heavy atom. The molecule has 1 aliphatic heterocycles. The standard InChI is InChI=1S/C18H18N4O3/c1-24-14-4-5-15-16(7-14)22-13(10-25-11-17(22)21-15)9-20-18(23)12-3-2-6-19-8-12/h2-8,13H,9-11H2,1H3,(H,20,23). The maximum absolute atomic E-state index is 12.3. The number of benzene rings is 1. The molecule has 2 aromatic heterocycles. The molecule has 0 radical (unpaired) electrons. The van der Waals surface area contributed by atoms with Gasteiger partial charge in [0, 0.05) is 25.0 Å². The van der Waals surface area contributed by atoms with Crippen LogP contribution in [-0.4, -0.2) is 40.7 Å². The maximum atomic E-state index is 12.3. The summed E-state index contributed by atoms with van der Waals surface area (Å²) in [5.74, 6) is 1.48. The zero-order valence-electron chi connectivity index (χ0n) is 13.8. The molecule has 7 heteroatoms. The quantitative estimate of drug-likeness (QED) is 0.786. The molecule has 128 valence electrons. The summed E-state index contributed by atoms with van der Waals surface area (Å²) >= 11 is 0. The molecule has 0 fully saturated rings. The second-order valence-electron chi connectivity index (χ2n) is 5.87. The van der Waals surface area contributed by atoms with E-state index in [1.54, 1.807) is 31.6 Å². The average Bonchev–Trinajstić information content (AvgIpc) is 3.05. The molecule has 4 rings (SSSR count). The second-order valence-corrected chi connectivity index (χ2v) is 5.87. The predicted octanol–water partition coefficient (Wildman–Crippen LogP) is 1.94. The lowest BCUT2D eigenvalue weighted by Crippen LogP contribution is -2.35. The summed E-state index contributed by atoms with van der Waals surface area (Å²) in [4.78, 5) is 20.9. The highest BCUT2D eigenvalue weighted by Crippen LogP contribution is 2.28. The Bertz CT molecular complexity index is 907. The molecule has 1 unspecified atom stereocenters. The van der Waals surface area contributed by atoms with Crippen LogP contribution in [0.2, 0.25) is 0 Å². The molecule has 0 saturated carbocycles. The highest BCUT2D eigenvalue weighted by molar-refractivity contribution is 5.93. The zero-order valence-corrected chi connectivity index (χ0v) is 13.8. The van der Waals surface area contributed by atoms with Gasteiger partial charge in [0.2, 0.25) is 0 Å². The number of hydrogen-bond acceptors (Lipinski definition) is 5. The van der Waals surface area contributed by atoms with E-state index in [1.165, 1.54) is 0 Å². The molecule has 0 saturated heterocycles. The molecule has 7 nitrogen and oxygen atoms in total. The van der Waals surface area contributed by atoms with Crippen molar-refractivity contribution in [2.45, 2.75) is 12.6 Å². The van der Waals surface area contributed by atoms with Crippen LogP contribution in [-0.2, 0) is 11.3 Å². The molecule has 3 aromatic rings. The molecule has 1 amide bonds. The number of ether oxygens (including phenoxy) is 2. The molecule has 1 atom stereocenters. The van der Waals surface area contributed by atoms with Crippen molar-refractivity contribution in [1.29, 1.82) is 0 Å². The van der Waals surface area contributed by atoms with E-state index in [1.807, 2.05) is 18.2 Å². The van der Waals surface area contributed by atoms with Crippen LogP contribution in [0.4, 0.5) is 0 Å². The third kappa shape index (κ3) is 2.94. The summed E-state index contributed by atoms with van der Waals surface area (Å²) in [5.41, 5.74) is 2.42. The molecule has 3 heterocycles. The minimum Gasteiger partial charge on any atom is -0.497 e. The van der Waals surface area contributed by atoms with Crippen LogP contribution in [0.25, 0.3) is 11.0 Å². The van der Waals surface area contributed by atoms with Crippen LogP contribution >= 0.6 is 0 Å². The third-order valence-electron chi connectivity index (χ3n) is 4.30. The molecular formula is C18H18N4O3. The fourth-order valence-electron chi connectivity index (χ4n) is 3.08. The Morgan fingerprint density at radius 2 is 2.36 bits per heavy atom. The lowest BCUT2D eigenvalue weighted by molar-refractivity contribution is 0.0553. The maximum Gasteiger partial charge on any atom is 0.252 e. The molecule has 1 aromatic carbocycles. The van der Waals surface area contributed by atoms with Crippen LogP contribution in [0.5, 0.6) is 5.75 Å². The molecule has 1 N–H and O–H groups in total. The minimum atomic E-state index is -0.151. The number of carbonyl (C=O) groups excluding carboxylic acids is 1. The van der Waals surface area contributed by atoms with Crippen molar-refractivity contribution < 1.29 is 14.3 Å². The number of nitrogens with zero attached hydrogens (tertiary/aromatic N) is 3. The third-order valence-corrected chi connectivity index (χ3v) is 4.30. The highest BCUT2D eigenvalue weighted by atomic mass is 16.5. The topological polar surface area (TPSA) is 78.3 Å². The summed E-state index contributed by atoms with van der Waals surface area (Å²) in [6, 6.07) is 9.25. The number of methoxy groups -OCH3 is 1. The Labute approximate surface area is 144 Å². The van der Waals surface area contributed by atoms with Crippen LogP contribution in [0.3, 0.4) is 0 Å². The van der Waals surface area contributed by atoms with Gasteiger partial charge in [0.1, 0.15) is 18.2 Å². The van der Waals surface area contributed by atoms with E-state index in [0.717, 1.165) is 22.6 Å². The fourth-order valence-corrected chi connectivity index (χ4v) is 3.08. The van der Waals surface area contributed by atoms with Crippen molar-refractivity contribution in [3.8, 4) is 5.75 Å². The number of fused-ring (bicyclic) bond motifs is 3. The number of hydrogen-bond donors (Lipinski definition) is 1. The summed E-state index contributed by atoms with van der Waals surface area (Å²) in [6.07, 6.45) is 3.19. The number of imidazole rings is 1. The predicted molar refractivity (Wildman–Crippen MR) is 91.5 cm³/mol. The van der Waals surface area contributed by atoms with Gasteiger partial charge in [-0.1, -0.05) is 0 Å². The van der Waals surface area contributed by atoms with Gasteiger partial charge in [-0.3, -0.25) is 9.78 Å². The normalized spacial score (nSPS) is 16.4. The van der Waals surface area contributed by atoms with Crippen molar-refractivity contribution in [3.05, 3.63) is 54.1 Å². The first-order valence-electron chi connectivity index (χ1n) is 8.07. The zero-order chi connectivity index (χ0) is 17.2. The van der Waals surface area contributed by atoms with Crippen LogP contribution in [0.15, 0.2) is 42.7 Å². The van der Waals surface area contributed by atoms with Gasteiger partial charge in [0.05, 0.1) is 36.4 Å². The van der Waals surface area contributed by atoms with Crippen LogP contribution < -0.4 is 10.1 Å². The van der Waals surface area contributed by atoms with E-state index in [0.29, 0.717) is 25.3 Å². The van der Waals surface area contributed by atoms with E-state index >= 15 is 0 Å². The summed E-state index contributed by atoms with van der Waals surface area (Å²) in [5, 5.41) is 2.95. The molecule has 0 aliphatic carbocycles. The van der Waals surface area contributed by atoms with Crippen molar-refractivity contribution in [1.82, 2.24) is 19.9 Å². The molecule has 1 aliphatic rings. The van der Waals surface area contributed by atoms with Gasteiger partial charge in [-0.15, -0.1) is 0 Å². The van der Waals surface area contributed by atoms with Gasteiger partial charge >= 0.3 is 0 Å². The number of pyridine rings is 1. The van der Waals surface area contributed by atoms with Crippen LogP contribution in [0.1, 0.15) is 22.2 Å². The first kappa shape index (κ1) is 15.6. The van der Waals surface area contributed by atoms with E-state index in [9.17, 15) is 4.79 Å². The lowest BCUT2D eigenvalue weighted by Gasteiger charge is -2.26. The van der Waals surface area contributed by atoms with Crippen molar-refractivity contribution in [3.63, 3.8) is 0 Å². The molecule has 0 bridgehead atoms. The van der Waals surface area contributed by atoms with Crippen molar-refractivity contribution in [2.24, 2.45) is 0 Å². The van der Waals surface area contributed by atoms with Gasteiger partial charge in [0.15, 0.2) is 0 Å². The van der Waals surface area contributed by atoms with E-state index in [-0.39, 0.29) is 11.9 Å². The number of amides is 1. The Balaban J connectivity index is 1.59. The smallest absolute Gasteiger partial charge is 0.252 e. The van der Waals surface area contributed by atoms with Gasteiger partial charge in [-0.05, 0) is 24.3 Å². The number of nitrogens with one attached hydrogen (secondary N) is 1. The van der Waals surface area contributed by atoms with Crippen molar-refractivity contribution >= 4 is 16.9 Å². The van der Waals surface area contributed by atoms with E-state index < -0.39 is 0 Å². The fraction of sp³-hybridized carbons (Fsp3) is 0.278. The summed E-state index contributed by atoms with van der Waals surface area (Å²) < 4.78 is 13.1. The average molecular weight is 338 g/mol. The minimum absolute atomic E-state index is 0.0264. The van der Waals surface area contributed by atoms with Gasteiger partial charge in [-0.2, -0.15) is 0 Å². The van der Waals surface area contributed by atoms with Gasteiger partial charge in [-0.25, -0.2) is 4.98 Å². The van der Waals surface area contributed by atoms with Gasteiger partial charge < -0.3 is 19.4 Å². The lowest BCUT2D eigenvalue weighted by atomic mass is 10.2. The SMILES string of the molecule is COc1ccc2nc3n(c2c1)C(CNC(=O)c1cccnc1)COC3.